The summed E-state index contributed by atoms with van der Waals surface area (Å²) in [7, 11) is 0. The van der Waals surface area contributed by atoms with Crippen LogP contribution in [0.2, 0.25) is 5.02 Å². The first-order valence-electron chi connectivity index (χ1n) is 8.82. The van der Waals surface area contributed by atoms with E-state index in [-0.39, 0.29) is 11.8 Å². The molecule has 2 heterocycles. The molecule has 27 heavy (non-hydrogen) atoms. The van der Waals surface area contributed by atoms with Gasteiger partial charge in [0.05, 0.1) is 6.42 Å². The number of hydrogen-bond donors (Lipinski definition) is 2. The topological polar surface area (TPSA) is 44.9 Å². The van der Waals surface area contributed by atoms with Crippen molar-refractivity contribution in [3.05, 3.63) is 93.3 Å². The summed E-state index contributed by atoms with van der Waals surface area (Å²) in [6.07, 6.45) is 2.42. The number of aromatic nitrogens is 1. The monoisotopic (exact) mass is 394 g/mol. The molecule has 0 saturated heterocycles. The second-order valence-corrected chi connectivity index (χ2v) is 7.86. The van der Waals surface area contributed by atoms with Gasteiger partial charge >= 0.3 is 0 Å². The third-order valence-electron chi connectivity index (χ3n) is 4.70. The van der Waals surface area contributed by atoms with E-state index >= 15 is 0 Å². The zero-order valence-corrected chi connectivity index (χ0v) is 16.2. The number of para-hydroxylation sites is 1. The third kappa shape index (κ3) is 3.92. The molecule has 3 nitrogen and oxygen atoms in total. The second-order valence-electron chi connectivity index (χ2n) is 6.42. The summed E-state index contributed by atoms with van der Waals surface area (Å²) in [4.78, 5) is 16.8. The van der Waals surface area contributed by atoms with Gasteiger partial charge in [-0.3, -0.25) is 4.79 Å². The first kappa shape index (κ1) is 17.8. The van der Waals surface area contributed by atoms with E-state index in [1.807, 2.05) is 60.1 Å². The highest BCUT2D eigenvalue weighted by Gasteiger charge is 2.21. The Kier molecular flexibility index (Phi) is 5.28. The van der Waals surface area contributed by atoms with Crippen LogP contribution in [0.5, 0.6) is 0 Å². The lowest BCUT2D eigenvalue weighted by Gasteiger charge is -2.19. The van der Waals surface area contributed by atoms with Gasteiger partial charge in [-0.05, 0) is 34.7 Å². The second kappa shape index (κ2) is 7.99. The number of nitrogens with one attached hydrogen (secondary N) is 2. The van der Waals surface area contributed by atoms with Gasteiger partial charge in [-0.15, -0.1) is 11.3 Å². The lowest BCUT2D eigenvalue weighted by molar-refractivity contribution is -0.120. The van der Waals surface area contributed by atoms with Gasteiger partial charge < -0.3 is 10.3 Å². The van der Waals surface area contributed by atoms with E-state index in [0.29, 0.717) is 18.0 Å². The standard InChI is InChI=1S/C22H19ClN2OS/c23-20-9-3-1-7-16(20)18(14-25-22(26)12-15-6-5-11-27-15)19-13-24-21-10-4-2-8-17(19)21/h1-11,13,18,24H,12,14H2,(H,25,26)/t18-/m0/s1. The van der Waals surface area contributed by atoms with Crippen LogP contribution in [0.4, 0.5) is 0 Å². The van der Waals surface area contributed by atoms with Gasteiger partial charge in [0.25, 0.3) is 0 Å². The quantitative estimate of drug-likeness (QED) is 0.453. The van der Waals surface area contributed by atoms with Gasteiger partial charge in [-0.25, -0.2) is 0 Å². The molecule has 2 aromatic carbocycles. The van der Waals surface area contributed by atoms with Crippen LogP contribution in [-0.4, -0.2) is 17.4 Å². The molecule has 136 valence electrons. The van der Waals surface area contributed by atoms with E-state index in [9.17, 15) is 4.79 Å². The van der Waals surface area contributed by atoms with E-state index in [0.717, 1.165) is 26.9 Å². The van der Waals surface area contributed by atoms with Gasteiger partial charge in [0.15, 0.2) is 0 Å². The van der Waals surface area contributed by atoms with E-state index in [1.165, 1.54) is 0 Å². The summed E-state index contributed by atoms with van der Waals surface area (Å²) in [6, 6.07) is 20.0. The summed E-state index contributed by atoms with van der Waals surface area (Å²) in [5.74, 6) is -0.00326. The van der Waals surface area contributed by atoms with Crippen molar-refractivity contribution in [2.24, 2.45) is 0 Å². The molecule has 0 aliphatic heterocycles. The molecule has 5 heteroatoms. The van der Waals surface area contributed by atoms with Crippen molar-refractivity contribution >= 4 is 39.7 Å². The van der Waals surface area contributed by atoms with Crippen LogP contribution in [0.25, 0.3) is 10.9 Å². The lowest BCUT2D eigenvalue weighted by atomic mass is 9.90. The Hall–Kier alpha value is -2.56. The van der Waals surface area contributed by atoms with Crippen molar-refractivity contribution in [1.29, 1.82) is 0 Å². The molecule has 2 aromatic heterocycles. The average molecular weight is 395 g/mol. The maximum absolute atomic E-state index is 12.4. The summed E-state index contributed by atoms with van der Waals surface area (Å²) in [5.41, 5.74) is 3.23. The molecule has 0 aliphatic rings. The summed E-state index contributed by atoms with van der Waals surface area (Å²) < 4.78 is 0. The van der Waals surface area contributed by atoms with E-state index < -0.39 is 0 Å². The van der Waals surface area contributed by atoms with Crippen molar-refractivity contribution in [2.45, 2.75) is 12.3 Å². The zero-order valence-electron chi connectivity index (χ0n) is 14.6. The number of halogens is 1. The Bertz CT molecular complexity index is 1060. The highest BCUT2D eigenvalue weighted by atomic mass is 35.5. The number of amides is 1. The number of benzene rings is 2. The highest BCUT2D eigenvalue weighted by molar-refractivity contribution is 7.10. The third-order valence-corrected chi connectivity index (χ3v) is 5.92. The maximum atomic E-state index is 12.4. The smallest absolute Gasteiger partial charge is 0.225 e. The minimum atomic E-state index is -0.0258. The highest BCUT2D eigenvalue weighted by Crippen LogP contribution is 2.34. The Labute approximate surface area is 167 Å². The first-order chi connectivity index (χ1) is 13.2. The molecule has 4 rings (SSSR count). The summed E-state index contributed by atoms with van der Waals surface area (Å²) in [6.45, 7) is 0.496. The Morgan fingerprint density at radius 3 is 2.67 bits per heavy atom. The molecule has 0 unspecified atom stereocenters. The molecule has 0 bridgehead atoms. The fourth-order valence-electron chi connectivity index (χ4n) is 3.38. The molecule has 0 spiro atoms. The van der Waals surface area contributed by atoms with Crippen LogP contribution in [0.15, 0.2) is 72.2 Å². The van der Waals surface area contributed by atoms with Gasteiger partial charge in [-0.2, -0.15) is 0 Å². The predicted molar refractivity (Wildman–Crippen MR) is 113 cm³/mol. The fraction of sp³-hybridized carbons (Fsp3) is 0.136. The number of aromatic amines is 1. The maximum Gasteiger partial charge on any atom is 0.225 e. The minimum absolute atomic E-state index is 0.0225. The van der Waals surface area contributed by atoms with Crippen molar-refractivity contribution in [2.75, 3.05) is 6.54 Å². The summed E-state index contributed by atoms with van der Waals surface area (Å²) in [5, 5.41) is 6.94. The normalized spacial score (nSPS) is 12.2. The number of carbonyl (C=O) groups excluding carboxylic acids is 1. The summed E-state index contributed by atoms with van der Waals surface area (Å²) >= 11 is 8.09. The molecule has 0 aliphatic carbocycles. The average Bonchev–Trinajstić information content (AvgIpc) is 3.33. The van der Waals surface area contributed by atoms with Crippen LogP contribution in [0, 0.1) is 0 Å². The molecule has 4 aromatic rings. The number of hydrogen-bond acceptors (Lipinski definition) is 2. The van der Waals surface area contributed by atoms with Crippen molar-refractivity contribution < 1.29 is 4.79 Å². The molecule has 0 fully saturated rings. The SMILES string of the molecule is O=C(Cc1cccs1)NC[C@@H](c1ccccc1Cl)c1c[nH]c2ccccc12. The largest absolute Gasteiger partial charge is 0.361 e. The predicted octanol–water partition coefficient (Wildman–Crippen LogP) is 5.37. The number of thiophene rings is 1. The van der Waals surface area contributed by atoms with E-state index in [2.05, 4.69) is 22.4 Å². The molecule has 0 radical (unpaired) electrons. The molecule has 1 amide bonds. The van der Waals surface area contributed by atoms with Crippen LogP contribution in [-0.2, 0) is 11.2 Å². The molecule has 2 N–H and O–H groups in total. The molecular formula is C22H19ClN2OS. The van der Waals surface area contributed by atoms with Crippen LogP contribution in [0.3, 0.4) is 0 Å². The fourth-order valence-corrected chi connectivity index (χ4v) is 4.35. The van der Waals surface area contributed by atoms with Gasteiger partial charge in [0.2, 0.25) is 5.91 Å². The number of rotatable bonds is 6. The van der Waals surface area contributed by atoms with Gasteiger partial charge in [-0.1, -0.05) is 54.1 Å². The molecular weight excluding hydrogens is 376 g/mol. The van der Waals surface area contributed by atoms with Crippen LogP contribution in [0.1, 0.15) is 21.9 Å². The van der Waals surface area contributed by atoms with E-state index in [4.69, 9.17) is 11.6 Å². The van der Waals surface area contributed by atoms with Gasteiger partial charge in [0, 0.05) is 39.5 Å². The molecule has 1 atom stereocenters. The molecule has 0 saturated carbocycles. The Morgan fingerprint density at radius 2 is 1.85 bits per heavy atom. The van der Waals surface area contributed by atoms with Crippen molar-refractivity contribution in [1.82, 2.24) is 10.3 Å². The van der Waals surface area contributed by atoms with Crippen molar-refractivity contribution in [3.8, 4) is 0 Å². The number of fused-ring (bicyclic) bond motifs is 1. The van der Waals surface area contributed by atoms with E-state index in [1.54, 1.807) is 11.3 Å². The number of carbonyl (C=O) groups is 1. The Balaban J connectivity index is 1.63. The number of H-pyrrole nitrogens is 1. The van der Waals surface area contributed by atoms with Crippen LogP contribution < -0.4 is 5.32 Å². The Morgan fingerprint density at radius 1 is 1.04 bits per heavy atom. The first-order valence-corrected chi connectivity index (χ1v) is 10.1. The minimum Gasteiger partial charge on any atom is -0.361 e. The lowest BCUT2D eigenvalue weighted by Crippen LogP contribution is -2.30. The van der Waals surface area contributed by atoms with Gasteiger partial charge in [0.1, 0.15) is 0 Å². The van der Waals surface area contributed by atoms with Crippen molar-refractivity contribution in [3.63, 3.8) is 0 Å². The zero-order chi connectivity index (χ0) is 18.6. The van der Waals surface area contributed by atoms with Crippen LogP contribution >= 0.6 is 22.9 Å².